The molecule has 0 spiro atoms. The Morgan fingerprint density at radius 1 is 1.19 bits per heavy atom. The van der Waals surface area contributed by atoms with Crippen molar-refractivity contribution in [1.29, 1.82) is 0 Å². The van der Waals surface area contributed by atoms with Gasteiger partial charge in [-0.15, -0.1) is 11.8 Å². The number of aryl methyl sites for hydroxylation is 1. The number of carbonyl (C=O) groups is 3. The molecule has 1 unspecified atom stereocenters. The molecule has 1 aromatic rings. The average Bonchev–Trinajstić information content (AvgIpc) is 2.42. The summed E-state index contributed by atoms with van der Waals surface area (Å²) in [5.41, 5.74) is 1.11. The van der Waals surface area contributed by atoms with E-state index >= 15 is 0 Å². The van der Waals surface area contributed by atoms with Gasteiger partial charge >= 0.3 is 11.9 Å². The molecule has 0 aliphatic heterocycles. The van der Waals surface area contributed by atoms with E-state index in [9.17, 15) is 14.4 Å². The molecular formula is C14H17NO5S. The third kappa shape index (κ3) is 6.80. The quantitative estimate of drug-likeness (QED) is 0.629. The van der Waals surface area contributed by atoms with Crippen molar-refractivity contribution < 1.29 is 24.6 Å². The predicted molar refractivity (Wildman–Crippen MR) is 78.3 cm³/mol. The zero-order chi connectivity index (χ0) is 15.8. The second-order valence-corrected chi connectivity index (χ2v) is 5.54. The Kier molecular flexibility index (Phi) is 6.74. The van der Waals surface area contributed by atoms with E-state index in [1.165, 1.54) is 11.8 Å². The maximum atomic E-state index is 11.7. The lowest BCUT2D eigenvalue weighted by molar-refractivity contribution is -0.142. The molecule has 0 saturated carbocycles. The highest BCUT2D eigenvalue weighted by Crippen LogP contribution is 2.17. The maximum absolute atomic E-state index is 11.7. The number of rotatable bonds is 8. The van der Waals surface area contributed by atoms with Crippen LogP contribution in [0.1, 0.15) is 18.4 Å². The summed E-state index contributed by atoms with van der Waals surface area (Å²) in [5, 5.41) is 19.8. The van der Waals surface area contributed by atoms with Crippen LogP contribution >= 0.6 is 11.8 Å². The lowest BCUT2D eigenvalue weighted by Crippen LogP contribution is -2.41. The van der Waals surface area contributed by atoms with Crippen molar-refractivity contribution in [2.24, 2.45) is 0 Å². The van der Waals surface area contributed by atoms with Crippen LogP contribution in [0.5, 0.6) is 0 Å². The fourth-order valence-electron chi connectivity index (χ4n) is 1.54. The Morgan fingerprint density at radius 2 is 1.81 bits per heavy atom. The van der Waals surface area contributed by atoms with Gasteiger partial charge in [0.2, 0.25) is 5.91 Å². The van der Waals surface area contributed by atoms with Crippen molar-refractivity contribution in [3.63, 3.8) is 0 Å². The van der Waals surface area contributed by atoms with Gasteiger partial charge in [0.1, 0.15) is 6.04 Å². The molecule has 3 N–H and O–H groups in total. The van der Waals surface area contributed by atoms with Gasteiger partial charge < -0.3 is 15.5 Å². The van der Waals surface area contributed by atoms with Gasteiger partial charge in [-0.1, -0.05) is 17.7 Å². The van der Waals surface area contributed by atoms with Gasteiger partial charge in [-0.2, -0.15) is 0 Å². The Labute approximate surface area is 126 Å². The summed E-state index contributed by atoms with van der Waals surface area (Å²) in [7, 11) is 0. The molecule has 7 heteroatoms. The highest BCUT2D eigenvalue weighted by atomic mass is 32.2. The summed E-state index contributed by atoms with van der Waals surface area (Å²) in [6.07, 6.45) is -0.437. The minimum Gasteiger partial charge on any atom is -0.481 e. The number of hydrogen-bond donors (Lipinski definition) is 3. The van der Waals surface area contributed by atoms with Crippen LogP contribution in [0.15, 0.2) is 29.2 Å². The van der Waals surface area contributed by atoms with Crippen molar-refractivity contribution in [2.45, 2.75) is 30.7 Å². The first-order chi connectivity index (χ1) is 9.88. The minimum atomic E-state index is -1.23. The molecule has 0 bridgehead atoms. The molecule has 21 heavy (non-hydrogen) atoms. The third-order valence-electron chi connectivity index (χ3n) is 2.67. The fraction of sp³-hybridized carbons (Fsp3) is 0.357. The van der Waals surface area contributed by atoms with Crippen molar-refractivity contribution in [3.05, 3.63) is 29.8 Å². The first-order valence-electron chi connectivity index (χ1n) is 6.32. The van der Waals surface area contributed by atoms with Crippen LogP contribution in [0.2, 0.25) is 0 Å². The zero-order valence-corrected chi connectivity index (χ0v) is 12.4. The second-order valence-electron chi connectivity index (χ2n) is 4.49. The van der Waals surface area contributed by atoms with Crippen molar-refractivity contribution in [1.82, 2.24) is 5.32 Å². The number of hydrogen-bond acceptors (Lipinski definition) is 4. The van der Waals surface area contributed by atoms with Crippen LogP contribution in [-0.2, 0) is 14.4 Å². The topological polar surface area (TPSA) is 104 Å². The SMILES string of the molecule is Cc1ccc(SCC(=O)NC(CCC(=O)O)C(=O)O)cc1. The van der Waals surface area contributed by atoms with E-state index in [1.54, 1.807) is 0 Å². The first-order valence-corrected chi connectivity index (χ1v) is 7.30. The molecule has 1 aromatic carbocycles. The summed E-state index contributed by atoms with van der Waals surface area (Å²) in [5.74, 6) is -2.67. The molecule has 6 nitrogen and oxygen atoms in total. The van der Waals surface area contributed by atoms with E-state index in [2.05, 4.69) is 5.32 Å². The molecule has 1 amide bonds. The van der Waals surface area contributed by atoms with Crippen molar-refractivity contribution in [3.8, 4) is 0 Å². The van der Waals surface area contributed by atoms with Crippen molar-refractivity contribution >= 4 is 29.6 Å². The lowest BCUT2D eigenvalue weighted by atomic mass is 10.1. The van der Waals surface area contributed by atoms with E-state index < -0.39 is 23.9 Å². The normalized spacial score (nSPS) is 11.7. The fourth-order valence-corrected chi connectivity index (χ4v) is 2.25. The maximum Gasteiger partial charge on any atom is 0.326 e. The molecule has 1 rings (SSSR count). The number of nitrogens with one attached hydrogen (secondary N) is 1. The van der Waals surface area contributed by atoms with Gasteiger partial charge in [-0.05, 0) is 25.5 Å². The average molecular weight is 311 g/mol. The number of benzene rings is 1. The van der Waals surface area contributed by atoms with E-state index in [-0.39, 0.29) is 18.6 Å². The Morgan fingerprint density at radius 3 is 2.33 bits per heavy atom. The Hall–Kier alpha value is -2.02. The zero-order valence-electron chi connectivity index (χ0n) is 11.5. The number of thioether (sulfide) groups is 1. The molecule has 0 saturated heterocycles. The van der Waals surface area contributed by atoms with Crippen LogP contribution in [0.3, 0.4) is 0 Å². The van der Waals surface area contributed by atoms with E-state index in [0.29, 0.717) is 0 Å². The van der Waals surface area contributed by atoms with Crippen LogP contribution in [0, 0.1) is 6.92 Å². The summed E-state index contributed by atoms with van der Waals surface area (Å²) < 4.78 is 0. The van der Waals surface area contributed by atoms with E-state index in [4.69, 9.17) is 10.2 Å². The van der Waals surface area contributed by atoms with Crippen LogP contribution in [0.25, 0.3) is 0 Å². The highest BCUT2D eigenvalue weighted by molar-refractivity contribution is 8.00. The summed E-state index contributed by atoms with van der Waals surface area (Å²) in [4.78, 5) is 34.0. The summed E-state index contributed by atoms with van der Waals surface area (Å²) in [6, 6.07) is 6.44. The smallest absolute Gasteiger partial charge is 0.326 e. The molecule has 0 aliphatic rings. The number of carboxylic acids is 2. The number of amides is 1. The number of aliphatic carboxylic acids is 2. The van der Waals surface area contributed by atoms with E-state index in [1.807, 2.05) is 31.2 Å². The largest absolute Gasteiger partial charge is 0.481 e. The third-order valence-corrected chi connectivity index (χ3v) is 3.68. The standard InChI is InChI=1S/C14H17NO5S/c1-9-2-4-10(5-3-9)21-8-12(16)15-11(14(19)20)6-7-13(17)18/h2-5,11H,6-8H2,1H3,(H,15,16)(H,17,18)(H,19,20). The van der Waals surface area contributed by atoms with Gasteiger partial charge in [0.15, 0.2) is 0 Å². The monoisotopic (exact) mass is 311 g/mol. The number of carbonyl (C=O) groups excluding carboxylic acids is 1. The first kappa shape index (κ1) is 17.0. The van der Waals surface area contributed by atoms with Crippen LogP contribution in [0.4, 0.5) is 0 Å². The number of carboxylic acid groups (broad SMARTS) is 2. The molecule has 114 valence electrons. The molecular weight excluding hydrogens is 294 g/mol. The predicted octanol–water partition coefficient (Wildman–Crippen LogP) is 1.52. The molecule has 0 aromatic heterocycles. The Balaban J connectivity index is 2.44. The van der Waals surface area contributed by atoms with Crippen LogP contribution in [-0.4, -0.2) is 39.9 Å². The van der Waals surface area contributed by atoms with Gasteiger partial charge in [0.05, 0.1) is 5.75 Å². The van der Waals surface area contributed by atoms with Crippen LogP contribution < -0.4 is 5.32 Å². The summed E-state index contributed by atoms with van der Waals surface area (Å²) in [6.45, 7) is 1.96. The second kappa shape index (κ2) is 8.31. The van der Waals surface area contributed by atoms with Crippen molar-refractivity contribution in [2.75, 3.05) is 5.75 Å². The molecule has 0 radical (unpaired) electrons. The molecule has 0 aliphatic carbocycles. The summed E-state index contributed by atoms with van der Waals surface area (Å²) >= 11 is 1.29. The van der Waals surface area contributed by atoms with Gasteiger partial charge in [0, 0.05) is 11.3 Å². The Bertz CT molecular complexity index is 515. The lowest BCUT2D eigenvalue weighted by Gasteiger charge is -2.13. The van der Waals surface area contributed by atoms with Gasteiger partial charge in [0.25, 0.3) is 0 Å². The highest BCUT2D eigenvalue weighted by Gasteiger charge is 2.20. The molecule has 1 atom stereocenters. The molecule has 0 heterocycles. The van der Waals surface area contributed by atoms with E-state index in [0.717, 1.165) is 10.5 Å². The minimum absolute atomic E-state index is 0.0832. The van der Waals surface area contributed by atoms with Gasteiger partial charge in [-0.25, -0.2) is 4.79 Å². The molecule has 0 fully saturated rings. The van der Waals surface area contributed by atoms with Gasteiger partial charge in [-0.3, -0.25) is 9.59 Å².